The molecule has 0 atom stereocenters. The number of nitrogens with one attached hydrogen (secondary N) is 1. The van der Waals surface area contributed by atoms with E-state index in [0.717, 1.165) is 12.1 Å². The molecule has 1 heterocycles. The highest BCUT2D eigenvalue weighted by Gasteiger charge is 2.32. The number of hydrogen-bond donors (Lipinski definition) is 1. The van der Waals surface area contributed by atoms with Crippen LogP contribution in [0.25, 0.3) is 0 Å². The van der Waals surface area contributed by atoms with Crippen molar-refractivity contribution in [1.29, 1.82) is 0 Å². The number of carbonyl (C=O) groups excluding carboxylic acids is 1. The van der Waals surface area contributed by atoms with Gasteiger partial charge in [0, 0.05) is 13.1 Å². The van der Waals surface area contributed by atoms with Gasteiger partial charge in [-0.2, -0.15) is 0 Å². The van der Waals surface area contributed by atoms with Crippen LogP contribution in [0.15, 0.2) is 53.4 Å². The lowest BCUT2D eigenvalue weighted by Crippen LogP contribution is -2.44. The minimum Gasteiger partial charge on any atom is -0.492 e. The molecule has 2 aromatic carbocycles. The Hall–Kier alpha value is -2.61. The number of carbonyl (C=O) groups is 1. The predicted octanol–water partition coefficient (Wildman–Crippen LogP) is 3.69. The molecule has 0 aliphatic carbocycles. The number of amides is 2. The van der Waals surface area contributed by atoms with Gasteiger partial charge in [0.1, 0.15) is 11.6 Å². The van der Waals surface area contributed by atoms with Crippen LogP contribution in [-0.4, -0.2) is 44.3 Å². The number of nitrogens with zero attached hydrogens (tertiary/aromatic N) is 1. The molecular formula is C20H23FN2O4S. The molecule has 0 saturated carbocycles. The molecule has 2 amide bonds. The van der Waals surface area contributed by atoms with E-state index in [1.165, 1.54) is 12.1 Å². The number of benzene rings is 2. The minimum atomic E-state index is -3.55. The van der Waals surface area contributed by atoms with Crippen LogP contribution in [-0.2, 0) is 9.84 Å². The van der Waals surface area contributed by atoms with Crippen molar-refractivity contribution in [2.24, 2.45) is 0 Å². The van der Waals surface area contributed by atoms with Gasteiger partial charge in [0.25, 0.3) is 0 Å². The highest BCUT2D eigenvalue weighted by Crippen LogP contribution is 2.27. The van der Waals surface area contributed by atoms with Crippen molar-refractivity contribution in [3.8, 4) is 5.75 Å². The highest BCUT2D eigenvalue weighted by atomic mass is 32.2. The summed E-state index contributed by atoms with van der Waals surface area (Å²) < 4.78 is 44.0. The Kier molecular flexibility index (Phi) is 6.18. The minimum absolute atomic E-state index is 0.113. The zero-order valence-corrected chi connectivity index (χ0v) is 16.4. The van der Waals surface area contributed by atoms with Crippen molar-refractivity contribution < 1.29 is 22.3 Å². The van der Waals surface area contributed by atoms with Gasteiger partial charge in [-0.05, 0) is 56.2 Å². The van der Waals surface area contributed by atoms with Crippen LogP contribution in [0.1, 0.15) is 19.8 Å². The fourth-order valence-electron chi connectivity index (χ4n) is 3.23. The number of urea groups is 1. The second-order valence-electron chi connectivity index (χ2n) is 6.54. The molecule has 0 radical (unpaired) electrons. The van der Waals surface area contributed by atoms with Gasteiger partial charge in [0.05, 0.1) is 22.4 Å². The lowest BCUT2D eigenvalue weighted by atomic mass is 10.1. The smallest absolute Gasteiger partial charge is 0.321 e. The van der Waals surface area contributed by atoms with E-state index in [-0.39, 0.29) is 10.9 Å². The summed E-state index contributed by atoms with van der Waals surface area (Å²) in [6, 6.07) is 11.7. The number of para-hydroxylation sites is 2. The molecule has 1 fully saturated rings. The van der Waals surface area contributed by atoms with E-state index < -0.39 is 20.9 Å². The molecule has 8 heteroatoms. The van der Waals surface area contributed by atoms with Crippen LogP contribution in [0.3, 0.4) is 0 Å². The molecule has 1 aliphatic heterocycles. The molecule has 0 aromatic heterocycles. The first kappa shape index (κ1) is 20.1. The molecule has 6 nitrogen and oxygen atoms in total. The molecule has 28 heavy (non-hydrogen) atoms. The predicted molar refractivity (Wildman–Crippen MR) is 105 cm³/mol. The summed E-state index contributed by atoms with van der Waals surface area (Å²) in [4.78, 5) is 14.3. The molecule has 150 valence electrons. The van der Waals surface area contributed by atoms with Gasteiger partial charge in [-0.25, -0.2) is 17.6 Å². The fraction of sp³-hybridized carbons (Fsp3) is 0.350. The molecule has 1 N–H and O–H groups in total. The van der Waals surface area contributed by atoms with Crippen LogP contribution in [0.2, 0.25) is 0 Å². The summed E-state index contributed by atoms with van der Waals surface area (Å²) >= 11 is 0. The van der Waals surface area contributed by atoms with Crippen LogP contribution in [0, 0.1) is 5.82 Å². The maximum atomic E-state index is 13.1. The van der Waals surface area contributed by atoms with Crippen LogP contribution < -0.4 is 10.1 Å². The highest BCUT2D eigenvalue weighted by molar-refractivity contribution is 7.92. The third-order valence-corrected chi connectivity index (χ3v) is 7.02. The largest absolute Gasteiger partial charge is 0.492 e. The number of rotatable bonds is 5. The summed E-state index contributed by atoms with van der Waals surface area (Å²) in [7, 11) is -3.55. The average Bonchev–Trinajstić information content (AvgIpc) is 2.70. The number of piperidine rings is 1. The lowest BCUT2D eigenvalue weighted by Gasteiger charge is -2.32. The first-order chi connectivity index (χ1) is 13.4. The zero-order valence-electron chi connectivity index (χ0n) is 15.6. The van der Waals surface area contributed by atoms with Crippen LogP contribution >= 0.6 is 0 Å². The molecule has 3 rings (SSSR count). The normalized spacial score (nSPS) is 15.3. The Balaban J connectivity index is 1.62. The van der Waals surface area contributed by atoms with E-state index in [1.54, 1.807) is 23.1 Å². The molecule has 2 aromatic rings. The third kappa shape index (κ3) is 4.44. The standard InChI is InChI=1S/C20H23FN2O4S/c1-2-27-19-6-4-3-5-18(19)22-20(24)23-13-11-17(12-14-23)28(25,26)16-9-7-15(21)8-10-16/h3-10,17H,2,11-14H2,1H3,(H,22,24). The van der Waals surface area contributed by atoms with Crippen LogP contribution in [0.5, 0.6) is 5.75 Å². The average molecular weight is 406 g/mol. The van der Waals surface area contributed by atoms with E-state index in [0.29, 0.717) is 44.0 Å². The zero-order chi connectivity index (χ0) is 20.1. The molecule has 1 saturated heterocycles. The van der Waals surface area contributed by atoms with Crippen molar-refractivity contribution in [3.63, 3.8) is 0 Å². The van der Waals surface area contributed by atoms with Crippen molar-refractivity contribution in [2.45, 2.75) is 29.9 Å². The van der Waals surface area contributed by atoms with Crippen molar-refractivity contribution in [3.05, 3.63) is 54.3 Å². The summed E-state index contributed by atoms with van der Waals surface area (Å²) in [6.45, 7) is 3.01. The van der Waals surface area contributed by atoms with E-state index in [4.69, 9.17) is 4.74 Å². The molecule has 1 aliphatic rings. The summed E-state index contributed by atoms with van der Waals surface area (Å²) in [5.74, 6) is 0.116. The summed E-state index contributed by atoms with van der Waals surface area (Å²) in [5, 5.41) is 2.24. The number of halogens is 1. The second-order valence-corrected chi connectivity index (χ2v) is 8.77. The SMILES string of the molecule is CCOc1ccccc1NC(=O)N1CCC(S(=O)(=O)c2ccc(F)cc2)CC1. The van der Waals surface area contributed by atoms with Gasteiger partial charge >= 0.3 is 6.03 Å². The monoisotopic (exact) mass is 406 g/mol. The number of hydrogen-bond acceptors (Lipinski definition) is 4. The molecule has 0 unspecified atom stereocenters. The first-order valence-corrected chi connectivity index (χ1v) is 10.7. The Bertz CT molecular complexity index is 923. The number of ether oxygens (including phenoxy) is 1. The molecule has 0 spiro atoms. The van der Waals surface area contributed by atoms with Crippen molar-refractivity contribution in [1.82, 2.24) is 4.90 Å². The van der Waals surface area contributed by atoms with E-state index in [1.807, 2.05) is 13.0 Å². The molecule has 0 bridgehead atoms. The van der Waals surface area contributed by atoms with Gasteiger partial charge < -0.3 is 15.0 Å². The summed E-state index contributed by atoms with van der Waals surface area (Å²) in [6.07, 6.45) is 0.667. The van der Waals surface area contributed by atoms with Crippen molar-refractivity contribution >= 4 is 21.6 Å². The summed E-state index contributed by atoms with van der Waals surface area (Å²) in [5.41, 5.74) is 0.579. The number of sulfone groups is 1. The maximum Gasteiger partial charge on any atom is 0.321 e. The Labute approximate surface area is 164 Å². The number of likely N-dealkylation sites (tertiary alicyclic amines) is 1. The van der Waals surface area contributed by atoms with Gasteiger partial charge in [0.2, 0.25) is 0 Å². The fourth-order valence-corrected chi connectivity index (χ4v) is 4.96. The third-order valence-electron chi connectivity index (χ3n) is 4.74. The van der Waals surface area contributed by atoms with Gasteiger partial charge in [0.15, 0.2) is 9.84 Å². The van der Waals surface area contributed by atoms with Gasteiger partial charge in [-0.3, -0.25) is 0 Å². The topological polar surface area (TPSA) is 75.7 Å². The second kappa shape index (κ2) is 8.60. The van der Waals surface area contributed by atoms with Crippen molar-refractivity contribution in [2.75, 3.05) is 25.0 Å². The lowest BCUT2D eigenvalue weighted by molar-refractivity contribution is 0.200. The Morgan fingerprint density at radius 1 is 1.14 bits per heavy atom. The van der Waals surface area contributed by atoms with E-state index >= 15 is 0 Å². The molecular weight excluding hydrogens is 383 g/mol. The Morgan fingerprint density at radius 2 is 1.79 bits per heavy atom. The Morgan fingerprint density at radius 3 is 2.43 bits per heavy atom. The quantitative estimate of drug-likeness (QED) is 0.769. The number of anilines is 1. The first-order valence-electron chi connectivity index (χ1n) is 9.19. The maximum absolute atomic E-state index is 13.1. The van der Waals surface area contributed by atoms with E-state index in [2.05, 4.69) is 5.32 Å². The van der Waals surface area contributed by atoms with Crippen LogP contribution in [0.4, 0.5) is 14.9 Å². The van der Waals surface area contributed by atoms with E-state index in [9.17, 15) is 17.6 Å². The van der Waals surface area contributed by atoms with Gasteiger partial charge in [-0.15, -0.1) is 0 Å². The van der Waals surface area contributed by atoms with Gasteiger partial charge in [-0.1, -0.05) is 12.1 Å².